The highest BCUT2D eigenvalue weighted by atomic mass is 127. The molecule has 2 aromatic carbocycles. The van der Waals surface area contributed by atoms with E-state index in [1.54, 1.807) is 0 Å². The fourth-order valence-corrected chi connectivity index (χ4v) is 2.58. The lowest BCUT2D eigenvalue weighted by molar-refractivity contribution is 0.304. The molecule has 17 heavy (non-hydrogen) atoms. The molecule has 0 amide bonds. The molecule has 0 radical (unpaired) electrons. The van der Waals surface area contributed by atoms with Crippen LogP contribution in [0.5, 0.6) is 5.75 Å². The predicted molar refractivity (Wildman–Crippen MR) is 82.0 cm³/mol. The van der Waals surface area contributed by atoms with E-state index in [0.29, 0.717) is 6.61 Å². The van der Waals surface area contributed by atoms with Gasteiger partial charge in [0.05, 0.1) is 3.57 Å². The molecule has 0 unspecified atom stereocenters. The molecule has 0 saturated carbocycles. The monoisotopic (exact) mass is 403 g/mol. The molecular formula is C13H11BrINO. The van der Waals surface area contributed by atoms with E-state index >= 15 is 0 Å². The average molecular weight is 404 g/mol. The normalized spacial score (nSPS) is 10.2. The van der Waals surface area contributed by atoms with Gasteiger partial charge in [-0.15, -0.1) is 0 Å². The lowest BCUT2D eigenvalue weighted by Crippen LogP contribution is -1.98. The van der Waals surface area contributed by atoms with Gasteiger partial charge in [0.25, 0.3) is 0 Å². The zero-order valence-electron chi connectivity index (χ0n) is 8.99. The molecule has 0 aliphatic rings. The maximum Gasteiger partial charge on any atom is 0.133 e. The largest absolute Gasteiger partial charge is 0.488 e. The van der Waals surface area contributed by atoms with Crippen molar-refractivity contribution < 1.29 is 4.74 Å². The second-order valence-corrected chi connectivity index (χ2v) is 5.69. The maximum absolute atomic E-state index is 5.77. The van der Waals surface area contributed by atoms with Gasteiger partial charge in [-0.3, -0.25) is 0 Å². The minimum atomic E-state index is 0.518. The standard InChI is InChI=1S/C13H11BrINO/c14-10-5-9(6-11(16)7-10)8-17-13-4-2-1-3-12(13)15/h1-7H,8,16H2. The van der Waals surface area contributed by atoms with E-state index in [9.17, 15) is 0 Å². The van der Waals surface area contributed by atoms with E-state index in [4.69, 9.17) is 10.5 Å². The number of ether oxygens (including phenoxy) is 1. The molecule has 2 N–H and O–H groups in total. The van der Waals surface area contributed by atoms with Crippen LogP contribution < -0.4 is 10.5 Å². The van der Waals surface area contributed by atoms with Crippen LogP contribution in [0.1, 0.15) is 5.56 Å². The molecule has 0 fully saturated rings. The van der Waals surface area contributed by atoms with E-state index in [0.717, 1.165) is 25.0 Å². The van der Waals surface area contributed by atoms with Crippen LogP contribution in [0, 0.1) is 3.57 Å². The first-order valence-electron chi connectivity index (χ1n) is 5.07. The van der Waals surface area contributed by atoms with Crippen LogP contribution in [0.4, 0.5) is 5.69 Å². The minimum Gasteiger partial charge on any atom is -0.488 e. The Kier molecular flexibility index (Phi) is 4.28. The van der Waals surface area contributed by atoms with Crippen molar-refractivity contribution in [3.8, 4) is 5.75 Å². The van der Waals surface area contributed by atoms with Crippen molar-refractivity contribution in [3.05, 3.63) is 56.1 Å². The van der Waals surface area contributed by atoms with Crippen LogP contribution in [-0.2, 0) is 6.61 Å². The van der Waals surface area contributed by atoms with Gasteiger partial charge in [0.1, 0.15) is 12.4 Å². The van der Waals surface area contributed by atoms with Crippen molar-refractivity contribution in [2.45, 2.75) is 6.61 Å². The van der Waals surface area contributed by atoms with Gasteiger partial charge in [0, 0.05) is 10.2 Å². The van der Waals surface area contributed by atoms with Crippen molar-refractivity contribution in [2.24, 2.45) is 0 Å². The lowest BCUT2D eigenvalue weighted by Gasteiger charge is -2.09. The van der Waals surface area contributed by atoms with Crippen molar-refractivity contribution in [2.75, 3.05) is 5.73 Å². The molecule has 2 aromatic rings. The Hall–Kier alpha value is -0.750. The summed E-state index contributed by atoms with van der Waals surface area (Å²) in [5, 5.41) is 0. The summed E-state index contributed by atoms with van der Waals surface area (Å²) in [6.07, 6.45) is 0. The number of nitrogen functional groups attached to an aromatic ring is 1. The zero-order chi connectivity index (χ0) is 12.3. The first-order valence-corrected chi connectivity index (χ1v) is 6.94. The highest BCUT2D eigenvalue weighted by Gasteiger charge is 2.01. The summed E-state index contributed by atoms with van der Waals surface area (Å²) in [5.74, 6) is 0.895. The number of hydrogen-bond donors (Lipinski definition) is 1. The molecule has 0 spiro atoms. The van der Waals surface area contributed by atoms with Crippen LogP contribution >= 0.6 is 38.5 Å². The predicted octanol–water partition coefficient (Wildman–Crippen LogP) is 4.21. The minimum absolute atomic E-state index is 0.518. The SMILES string of the molecule is Nc1cc(Br)cc(COc2ccccc2I)c1. The molecule has 2 rings (SSSR count). The Balaban J connectivity index is 2.10. The van der Waals surface area contributed by atoms with Crippen LogP contribution in [0.25, 0.3) is 0 Å². The van der Waals surface area contributed by atoms with Crippen LogP contribution in [-0.4, -0.2) is 0 Å². The Morgan fingerprint density at radius 2 is 1.94 bits per heavy atom. The van der Waals surface area contributed by atoms with Crippen LogP contribution in [0.2, 0.25) is 0 Å². The fraction of sp³-hybridized carbons (Fsp3) is 0.0769. The summed E-state index contributed by atoms with van der Waals surface area (Å²) >= 11 is 5.67. The van der Waals surface area contributed by atoms with Gasteiger partial charge in [-0.2, -0.15) is 0 Å². The number of benzene rings is 2. The van der Waals surface area contributed by atoms with Crippen LogP contribution in [0.3, 0.4) is 0 Å². The molecule has 0 aliphatic heterocycles. The third-order valence-electron chi connectivity index (χ3n) is 2.21. The van der Waals surface area contributed by atoms with E-state index in [2.05, 4.69) is 38.5 Å². The van der Waals surface area contributed by atoms with Gasteiger partial charge >= 0.3 is 0 Å². The van der Waals surface area contributed by atoms with Gasteiger partial charge in [-0.05, 0) is 58.5 Å². The van der Waals surface area contributed by atoms with Gasteiger partial charge in [-0.1, -0.05) is 28.1 Å². The Morgan fingerprint density at radius 1 is 1.18 bits per heavy atom. The van der Waals surface area contributed by atoms with E-state index in [1.165, 1.54) is 0 Å². The smallest absolute Gasteiger partial charge is 0.133 e. The molecule has 88 valence electrons. The number of anilines is 1. The van der Waals surface area contributed by atoms with Crippen molar-refractivity contribution in [1.82, 2.24) is 0 Å². The third kappa shape index (κ3) is 3.61. The summed E-state index contributed by atoms with van der Waals surface area (Å²) in [5.41, 5.74) is 7.56. The van der Waals surface area contributed by atoms with Gasteiger partial charge in [0.2, 0.25) is 0 Å². The summed E-state index contributed by atoms with van der Waals surface area (Å²) in [4.78, 5) is 0. The number of halogens is 2. The molecule has 0 saturated heterocycles. The van der Waals surface area contributed by atoms with Gasteiger partial charge in [0.15, 0.2) is 0 Å². The van der Waals surface area contributed by atoms with E-state index in [-0.39, 0.29) is 0 Å². The topological polar surface area (TPSA) is 35.2 Å². The molecule has 0 heterocycles. The first kappa shape index (κ1) is 12.7. The van der Waals surface area contributed by atoms with Crippen molar-refractivity contribution >= 4 is 44.2 Å². The molecule has 0 atom stereocenters. The second-order valence-electron chi connectivity index (χ2n) is 3.61. The first-order chi connectivity index (χ1) is 8.15. The second kappa shape index (κ2) is 5.73. The Labute approximate surface area is 122 Å². The van der Waals surface area contributed by atoms with Crippen molar-refractivity contribution in [1.29, 1.82) is 0 Å². The highest BCUT2D eigenvalue weighted by molar-refractivity contribution is 14.1. The maximum atomic E-state index is 5.77. The lowest BCUT2D eigenvalue weighted by atomic mass is 10.2. The Morgan fingerprint density at radius 3 is 2.65 bits per heavy atom. The molecule has 0 aliphatic carbocycles. The average Bonchev–Trinajstić information content (AvgIpc) is 2.27. The molecule has 0 aromatic heterocycles. The number of nitrogens with two attached hydrogens (primary N) is 1. The number of para-hydroxylation sites is 1. The third-order valence-corrected chi connectivity index (χ3v) is 3.56. The highest BCUT2D eigenvalue weighted by Crippen LogP contribution is 2.22. The number of hydrogen-bond acceptors (Lipinski definition) is 2. The number of rotatable bonds is 3. The zero-order valence-corrected chi connectivity index (χ0v) is 12.7. The molecule has 4 heteroatoms. The summed E-state index contributed by atoms with van der Waals surface area (Å²) in [7, 11) is 0. The summed E-state index contributed by atoms with van der Waals surface area (Å²) in [6, 6.07) is 13.7. The summed E-state index contributed by atoms with van der Waals surface area (Å²) in [6.45, 7) is 0.518. The summed E-state index contributed by atoms with van der Waals surface area (Å²) < 4.78 is 7.82. The molecule has 2 nitrogen and oxygen atoms in total. The van der Waals surface area contributed by atoms with Crippen LogP contribution in [0.15, 0.2) is 46.9 Å². The van der Waals surface area contributed by atoms with Gasteiger partial charge < -0.3 is 10.5 Å². The molecular weight excluding hydrogens is 393 g/mol. The van der Waals surface area contributed by atoms with E-state index < -0.39 is 0 Å². The fourth-order valence-electron chi connectivity index (χ4n) is 1.48. The van der Waals surface area contributed by atoms with E-state index in [1.807, 2.05) is 42.5 Å². The van der Waals surface area contributed by atoms with Crippen molar-refractivity contribution in [3.63, 3.8) is 0 Å². The molecule has 0 bridgehead atoms. The Bertz CT molecular complexity index is 510. The quantitative estimate of drug-likeness (QED) is 0.615. The van der Waals surface area contributed by atoms with Gasteiger partial charge in [-0.25, -0.2) is 0 Å².